The van der Waals surface area contributed by atoms with Crippen molar-refractivity contribution in [3.8, 4) is 18.1 Å². The number of alkyl halides is 2. The van der Waals surface area contributed by atoms with E-state index in [1.807, 2.05) is 12.1 Å². The number of nitrogens with zero attached hydrogens (tertiary/aromatic N) is 1. The molecule has 168 valence electrons. The summed E-state index contributed by atoms with van der Waals surface area (Å²) >= 11 is 0. The van der Waals surface area contributed by atoms with Crippen molar-refractivity contribution in [2.24, 2.45) is 5.92 Å². The van der Waals surface area contributed by atoms with Crippen LogP contribution in [0.1, 0.15) is 48.2 Å². The normalized spacial score (nSPS) is 24.3. The zero-order chi connectivity index (χ0) is 22.7. The number of terminal acetylenes is 1. The molecule has 1 N–H and O–H groups in total. The molecule has 3 atom stereocenters. The largest absolute Gasteiger partial charge is 0.493 e. The van der Waals surface area contributed by atoms with Crippen molar-refractivity contribution >= 4 is 0 Å². The molecule has 0 bridgehead atoms. The number of benzene rings is 2. The van der Waals surface area contributed by atoms with Crippen LogP contribution in [0.5, 0.6) is 5.75 Å². The average molecular weight is 437 g/mol. The summed E-state index contributed by atoms with van der Waals surface area (Å²) in [4.78, 5) is 2.12. The van der Waals surface area contributed by atoms with E-state index in [9.17, 15) is 8.78 Å². The van der Waals surface area contributed by atoms with E-state index in [4.69, 9.17) is 11.2 Å². The molecule has 0 saturated heterocycles. The van der Waals surface area contributed by atoms with Crippen LogP contribution in [-0.2, 0) is 19.6 Å². The van der Waals surface area contributed by atoms with Gasteiger partial charge in [-0.2, -0.15) is 0 Å². The Morgan fingerprint density at radius 1 is 1.28 bits per heavy atom. The molecule has 3 unspecified atom stereocenters. The molecule has 0 radical (unpaired) electrons. The number of allylic oxidation sites excluding steroid dienone is 1. The van der Waals surface area contributed by atoms with E-state index in [2.05, 4.69) is 47.0 Å². The number of hydrogen-bond donors (Lipinski definition) is 1. The number of halogens is 2. The molecule has 1 aliphatic heterocycles. The van der Waals surface area contributed by atoms with Crippen molar-refractivity contribution in [3.63, 3.8) is 0 Å². The molecule has 2 aromatic carbocycles. The Balaban J connectivity index is 1.31. The summed E-state index contributed by atoms with van der Waals surface area (Å²) < 4.78 is 34.4. The van der Waals surface area contributed by atoms with Crippen molar-refractivity contribution in [1.29, 1.82) is 0 Å². The number of ether oxygens (including phenoxy) is 1. The molecule has 1 aliphatic carbocycles. The Kier molecular flexibility index (Phi) is 6.53. The quantitative estimate of drug-likeness (QED) is 0.528. The van der Waals surface area contributed by atoms with E-state index >= 15 is 0 Å². The summed E-state index contributed by atoms with van der Waals surface area (Å²) in [5.74, 6) is 3.13. The minimum atomic E-state index is -1.11. The molecule has 1 heterocycles. The zero-order valence-electron chi connectivity index (χ0n) is 18.5. The summed E-state index contributed by atoms with van der Waals surface area (Å²) in [5.41, 5.74) is 3.68. The van der Waals surface area contributed by atoms with Gasteiger partial charge in [0.25, 0.3) is 0 Å². The molecule has 0 aromatic heterocycles. The van der Waals surface area contributed by atoms with Gasteiger partial charge in [0.05, 0.1) is 6.61 Å². The third-order valence-corrected chi connectivity index (χ3v) is 6.34. The molecule has 4 rings (SSSR count). The molecule has 0 spiro atoms. The summed E-state index contributed by atoms with van der Waals surface area (Å²) in [6.45, 7) is 8.24. The van der Waals surface area contributed by atoms with Crippen LogP contribution in [0.4, 0.5) is 8.78 Å². The first-order chi connectivity index (χ1) is 15.3. The lowest BCUT2D eigenvalue weighted by atomic mass is 9.97. The van der Waals surface area contributed by atoms with Gasteiger partial charge in [0.1, 0.15) is 17.6 Å². The van der Waals surface area contributed by atoms with Crippen LogP contribution in [0.25, 0.3) is 0 Å². The van der Waals surface area contributed by atoms with Crippen molar-refractivity contribution in [3.05, 3.63) is 77.0 Å². The fraction of sp³-hybridized carbons (Fsp3) is 0.407. The van der Waals surface area contributed by atoms with Crippen molar-refractivity contribution < 1.29 is 13.5 Å². The molecule has 1 saturated carbocycles. The Labute approximate surface area is 189 Å². The summed E-state index contributed by atoms with van der Waals surface area (Å²) in [6.07, 6.45) is 5.28. The lowest BCUT2D eigenvalue weighted by Gasteiger charge is -2.31. The summed E-state index contributed by atoms with van der Waals surface area (Å²) in [7, 11) is 0. The second-order valence-electron chi connectivity index (χ2n) is 9.14. The van der Waals surface area contributed by atoms with E-state index in [0.29, 0.717) is 56.9 Å². The van der Waals surface area contributed by atoms with E-state index in [0.717, 1.165) is 22.4 Å². The van der Waals surface area contributed by atoms with Crippen LogP contribution < -0.4 is 10.1 Å². The van der Waals surface area contributed by atoms with E-state index < -0.39 is 11.8 Å². The van der Waals surface area contributed by atoms with Gasteiger partial charge < -0.3 is 10.1 Å². The maximum atomic E-state index is 15.0. The molecular formula is C27H30F2N2O. The second kappa shape index (κ2) is 9.34. The van der Waals surface area contributed by atoms with Gasteiger partial charge in [0.2, 0.25) is 0 Å². The third kappa shape index (κ3) is 5.49. The lowest BCUT2D eigenvalue weighted by Crippen LogP contribution is -2.31. The minimum Gasteiger partial charge on any atom is -0.493 e. The Bertz CT molecular complexity index is 1010. The Hall–Kier alpha value is -2.84. The first-order valence-corrected chi connectivity index (χ1v) is 11.1. The summed E-state index contributed by atoms with van der Waals surface area (Å²) in [5, 5.41) is 3.22. The predicted octanol–water partition coefficient (Wildman–Crippen LogP) is 5.47. The van der Waals surface area contributed by atoms with Crippen LogP contribution in [-0.4, -0.2) is 23.7 Å². The predicted molar refractivity (Wildman–Crippen MR) is 123 cm³/mol. The average Bonchev–Trinajstić information content (AvgIpc) is 3.38. The van der Waals surface area contributed by atoms with E-state index in [-0.39, 0.29) is 5.92 Å². The molecule has 32 heavy (non-hydrogen) atoms. The summed E-state index contributed by atoms with van der Waals surface area (Å²) in [6, 6.07) is 13.9. The second-order valence-corrected chi connectivity index (χ2v) is 9.14. The maximum absolute atomic E-state index is 15.0. The van der Waals surface area contributed by atoms with Gasteiger partial charge in [-0.15, -0.1) is 12.3 Å². The number of fused-ring (bicyclic) bond motifs is 1. The van der Waals surface area contributed by atoms with Crippen molar-refractivity contribution in [2.45, 2.75) is 51.2 Å². The van der Waals surface area contributed by atoms with Crippen LogP contribution in [0.2, 0.25) is 0 Å². The van der Waals surface area contributed by atoms with Crippen LogP contribution in [0, 0.1) is 18.3 Å². The first-order valence-electron chi connectivity index (χ1n) is 11.1. The zero-order valence-corrected chi connectivity index (χ0v) is 18.5. The third-order valence-electron chi connectivity index (χ3n) is 6.34. The van der Waals surface area contributed by atoms with Crippen molar-refractivity contribution in [2.75, 3.05) is 13.2 Å². The van der Waals surface area contributed by atoms with Crippen LogP contribution in [0.3, 0.4) is 0 Å². The van der Waals surface area contributed by atoms with Crippen LogP contribution in [0.15, 0.2) is 54.7 Å². The maximum Gasteiger partial charge on any atom is 0.138 e. The topological polar surface area (TPSA) is 24.5 Å². The SMILES string of the molecule is C#CCC(=C)NCc1ccc(CN2Cc3ccc(OCC4CC4(C)F)cc3C(F)C2)cc1. The smallest absolute Gasteiger partial charge is 0.138 e. The van der Waals surface area contributed by atoms with Gasteiger partial charge in [0, 0.05) is 44.2 Å². The van der Waals surface area contributed by atoms with E-state index in [1.165, 1.54) is 0 Å². The highest BCUT2D eigenvalue weighted by Crippen LogP contribution is 2.47. The molecule has 0 amide bonds. The van der Waals surface area contributed by atoms with Gasteiger partial charge in [-0.1, -0.05) is 36.9 Å². The molecule has 2 aliphatic rings. The number of hydrogen-bond acceptors (Lipinski definition) is 3. The van der Waals surface area contributed by atoms with Gasteiger partial charge in [0.15, 0.2) is 0 Å². The van der Waals surface area contributed by atoms with Gasteiger partial charge in [-0.3, -0.25) is 4.90 Å². The standard InChI is InChI=1S/C27H30F2N2O/c1-4-5-19(2)30-14-20-6-8-21(9-7-20)15-31-16-22-10-11-24(12-25(22)26(28)17-31)32-18-23-13-27(23,3)29/h1,6-12,23,26,30H,2,5,13-18H2,3H3. The highest BCUT2D eigenvalue weighted by atomic mass is 19.1. The monoisotopic (exact) mass is 436 g/mol. The van der Waals surface area contributed by atoms with Crippen molar-refractivity contribution in [1.82, 2.24) is 10.2 Å². The lowest BCUT2D eigenvalue weighted by molar-refractivity contribution is 0.158. The first kappa shape index (κ1) is 22.4. The minimum absolute atomic E-state index is 0.0564. The fourth-order valence-electron chi connectivity index (χ4n) is 4.14. The fourth-order valence-corrected chi connectivity index (χ4v) is 4.14. The van der Waals surface area contributed by atoms with Gasteiger partial charge >= 0.3 is 0 Å². The highest BCUT2D eigenvalue weighted by molar-refractivity contribution is 5.39. The van der Waals surface area contributed by atoms with E-state index in [1.54, 1.807) is 13.0 Å². The number of nitrogens with one attached hydrogen (secondary N) is 1. The molecule has 3 nitrogen and oxygen atoms in total. The molecule has 5 heteroatoms. The highest BCUT2D eigenvalue weighted by Gasteiger charge is 2.51. The molecule has 2 aromatic rings. The van der Waals surface area contributed by atoms with Gasteiger partial charge in [-0.05, 0) is 47.7 Å². The molecular weight excluding hydrogens is 406 g/mol. The molecule has 1 fully saturated rings. The van der Waals surface area contributed by atoms with Gasteiger partial charge in [-0.25, -0.2) is 8.78 Å². The number of rotatable bonds is 9. The Morgan fingerprint density at radius 3 is 2.69 bits per heavy atom. The Morgan fingerprint density at radius 2 is 2.00 bits per heavy atom. The van der Waals surface area contributed by atoms with Crippen LogP contribution >= 0.6 is 0 Å².